The van der Waals surface area contributed by atoms with Crippen molar-refractivity contribution in [3.63, 3.8) is 0 Å². The van der Waals surface area contributed by atoms with Gasteiger partial charge in [-0.05, 0) is 105 Å². The van der Waals surface area contributed by atoms with Gasteiger partial charge in [0, 0.05) is 29.1 Å². The molecule has 2 aliphatic heterocycles. The maximum Gasteiger partial charge on any atom is 0.264 e. The van der Waals surface area contributed by atoms with Gasteiger partial charge in [-0.1, -0.05) is 29.8 Å². The molecule has 0 saturated heterocycles. The van der Waals surface area contributed by atoms with Crippen molar-refractivity contribution in [2.24, 2.45) is 11.8 Å². The highest BCUT2D eigenvalue weighted by molar-refractivity contribution is 7.90. The van der Waals surface area contributed by atoms with Crippen molar-refractivity contribution in [2.75, 3.05) is 30.3 Å². The number of carbonyl (C=O) groups excluding carboxylic acids is 1. The topological polar surface area (TPSA) is 75.7 Å². The van der Waals surface area contributed by atoms with Gasteiger partial charge in [-0.2, -0.15) is 0 Å². The third-order valence-electron chi connectivity index (χ3n) is 9.00. The average molecular weight is 555 g/mol. The Hall–Kier alpha value is -2.51. The molecule has 1 N–H and O–H groups in total. The van der Waals surface area contributed by atoms with E-state index in [1.54, 1.807) is 6.07 Å². The molecule has 6 nitrogen and oxygen atoms in total. The third-order valence-corrected chi connectivity index (χ3v) is 10.5. The number of ether oxygens (including phenoxy) is 1. The van der Waals surface area contributed by atoms with E-state index in [2.05, 4.69) is 27.8 Å². The molecule has 38 heavy (non-hydrogen) atoms. The highest BCUT2D eigenvalue weighted by Crippen LogP contribution is 2.46. The Kier molecular flexibility index (Phi) is 6.93. The summed E-state index contributed by atoms with van der Waals surface area (Å²) in [6.07, 6.45) is 12.1. The zero-order valence-corrected chi connectivity index (χ0v) is 23.2. The van der Waals surface area contributed by atoms with E-state index in [0.29, 0.717) is 30.4 Å². The molecule has 2 aromatic rings. The number of benzene rings is 2. The summed E-state index contributed by atoms with van der Waals surface area (Å²) in [5.74, 6) is 1.30. The monoisotopic (exact) mass is 554 g/mol. The minimum Gasteiger partial charge on any atom is -0.490 e. The maximum absolute atomic E-state index is 13.0. The van der Waals surface area contributed by atoms with Gasteiger partial charge in [0.25, 0.3) is 5.91 Å². The fraction of sp³-hybridized carbons (Fsp3) is 0.500. The summed E-state index contributed by atoms with van der Waals surface area (Å²) in [5.41, 5.74) is 3.65. The summed E-state index contributed by atoms with van der Waals surface area (Å²) in [6, 6.07) is 11.6. The molecule has 4 aliphatic rings. The number of rotatable bonds is 0. The van der Waals surface area contributed by atoms with E-state index < -0.39 is 15.9 Å². The van der Waals surface area contributed by atoms with E-state index >= 15 is 0 Å². The van der Waals surface area contributed by atoms with Gasteiger partial charge in [0.2, 0.25) is 10.0 Å². The van der Waals surface area contributed by atoms with Crippen molar-refractivity contribution in [1.82, 2.24) is 4.72 Å². The first-order chi connectivity index (χ1) is 18.3. The molecule has 3 atom stereocenters. The summed E-state index contributed by atoms with van der Waals surface area (Å²) in [6.45, 7) is 2.25. The molecule has 8 heteroatoms. The zero-order valence-electron chi connectivity index (χ0n) is 21.6. The Morgan fingerprint density at radius 2 is 1.87 bits per heavy atom. The fourth-order valence-electron chi connectivity index (χ4n) is 6.82. The first kappa shape index (κ1) is 25.8. The van der Waals surface area contributed by atoms with Gasteiger partial charge >= 0.3 is 0 Å². The normalized spacial score (nSPS) is 29.6. The number of allylic oxidation sites excluding steroid dienone is 2. The molecule has 1 fully saturated rings. The van der Waals surface area contributed by atoms with Crippen LogP contribution in [-0.4, -0.2) is 39.8 Å². The first-order valence-electron chi connectivity index (χ1n) is 13.8. The van der Waals surface area contributed by atoms with Gasteiger partial charge in [0.05, 0.1) is 18.0 Å². The lowest BCUT2D eigenvalue weighted by Gasteiger charge is -2.44. The van der Waals surface area contributed by atoms with Crippen molar-refractivity contribution in [2.45, 2.75) is 56.8 Å². The zero-order chi connectivity index (χ0) is 26.3. The van der Waals surface area contributed by atoms with Crippen LogP contribution in [0.3, 0.4) is 0 Å². The number of aryl methyl sites for hydroxylation is 1. The van der Waals surface area contributed by atoms with E-state index in [9.17, 15) is 13.2 Å². The lowest BCUT2D eigenvalue weighted by atomic mass is 9.69. The van der Waals surface area contributed by atoms with Crippen LogP contribution in [0.25, 0.3) is 0 Å². The molecule has 0 unspecified atom stereocenters. The van der Waals surface area contributed by atoms with Crippen LogP contribution in [0.1, 0.15) is 66.4 Å². The van der Waals surface area contributed by atoms with Gasteiger partial charge in [-0.3, -0.25) is 4.79 Å². The lowest BCUT2D eigenvalue weighted by Crippen LogP contribution is -2.48. The lowest BCUT2D eigenvalue weighted by molar-refractivity contribution is 0.0981. The molecule has 0 radical (unpaired) electrons. The molecule has 2 aromatic carbocycles. The van der Waals surface area contributed by atoms with Crippen molar-refractivity contribution >= 4 is 33.2 Å². The number of sulfonamides is 1. The van der Waals surface area contributed by atoms with Crippen LogP contribution in [0, 0.1) is 11.8 Å². The molecular weight excluding hydrogens is 520 g/mol. The number of hydrogen-bond donors (Lipinski definition) is 1. The molecule has 1 saturated carbocycles. The SMILES string of the molecule is O=C1NS(=O)(=O)CC/C=C\CC[C@@H]2CC[C@H]2CN2C[C@@]3(CCCc4cc(Cl)ccc43)COc3ccc1cc32. The second kappa shape index (κ2) is 10.2. The Morgan fingerprint density at radius 1 is 1.03 bits per heavy atom. The molecule has 1 spiro atoms. The number of fused-ring (bicyclic) bond motifs is 4. The number of amides is 1. The molecular formula is C30H35ClN2O4S. The van der Waals surface area contributed by atoms with Gasteiger partial charge in [0.15, 0.2) is 0 Å². The number of nitrogens with zero attached hydrogens (tertiary/aromatic N) is 1. The van der Waals surface area contributed by atoms with Crippen LogP contribution in [0.4, 0.5) is 5.69 Å². The van der Waals surface area contributed by atoms with E-state index in [1.165, 1.54) is 24.0 Å². The Labute approximate surface area is 230 Å². The highest BCUT2D eigenvalue weighted by Gasteiger charge is 2.43. The van der Waals surface area contributed by atoms with Crippen LogP contribution < -0.4 is 14.4 Å². The number of anilines is 1. The van der Waals surface area contributed by atoms with Crippen molar-refractivity contribution in [3.05, 3.63) is 70.3 Å². The molecule has 2 aliphatic carbocycles. The standard InChI is InChI=1S/C30H35ClN2O4S/c31-25-11-12-26-22(16-25)7-5-14-30(26)19-33-18-24-9-8-21(24)6-3-1-2-4-15-38(35,36)32-29(34)23-10-13-28(37-20-30)27(33)17-23/h1-2,10-13,16-17,21,24H,3-9,14-15,18-20H2,(H,32,34)/b2-1-/t21-,24+,30+/m1/s1. The van der Waals surface area contributed by atoms with Crippen LogP contribution >= 0.6 is 11.6 Å². The van der Waals surface area contributed by atoms with Gasteiger partial charge in [-0.15, -0.1) is 0 Å². The summed E-state index contributed by atoms with van der Waals surface area (Å²) in [5, 5.41) is 0.764. The maximum atomic E-state index is 13.0. The largest absolute Gasteiger partial charge is 0.490 e. The van der Waals surface area contributed by atoms with E-state index in [-0.39, 0.29) is 11.2 Å². The molecule has 2 bridgehead atoms. The van der Waals surface area contributed by atoms with Crippen LogP contribution in [0.2, 0.25) is 5.02 Å². The minimum atomic E-state index is -3.72. The number of nitrogens with one attached hydrogen (secondary N) is 1. The van der Waals surface area contributed by atoms with Crippen LogP contribution in [0.15, 0.2) is 48.6 Å². The van der Waals surface area contributed by atoms with Crippen molar-refractivity contribution in [3.8, 4) is 5.75 Å². The number of carbonyl (C=O) groups is 1. The Balaban J connectivity index is 1.40. The van der Waals surface area contributed by atoms with E-state index in [0.717, 1.165) is 61.7 Å². The van der Waals surface area contributed by atoms with Gasteiger partial charge in [-0.25, -0.2) is 13.1 Å². The van der Waals surface area contributed by atoms with Crippen LogP contribution in [-0.2, 0) is 21.9 Å². The summed E-state index contributed by atoms with van der Waals surface area (Å²) < 4.78 is 33.9. The molecule has 202 valence electrons. The Bertz CT molecular complexity index is 1370. The first-order valence-corrected chi connectivity index (χ1v) is 15.9. The van der Waals surface area contributed by atoms with E-state index in [4.69, 9.17) is 16.3 Å². The molecule has 1 amide bonds. The van der Waals surface area contributed by atoms with Crippen molar-refractivity contribution < 1.29 is 17.9 Å². The second-order valence-electron chi connectivity index (χ2n) is 11.5. The smallest absolute Gasteiger partial charge is 0.264 e. The highest BCUT2D eigenvalue weighted by atomic mass is 35.5. The van der Waals surface area contributed by atoms with Gasteiger partial charge < -0.3 is 9.64 Å². The molecule has 0 aromatic heterocycles. The quantitative estimate of drug-likeness (QED) is 0.427. The van der Waals surface area contributed by atoms with Gasteiger partial charge in [0.1, 0.15) is 5.75 Å². The second-order valence-corrected chi connectivity index (χ2v) is 13.8. The average Bonchev–Trinajstić information content (AvgIpc) is 3.02. The Morgan fingerprint density at radius 3 is 2.71 bits per heavy atom. The number of halogens is 1. The summed E-state index contributed by atoms with van der Waals surface area (Å²) in [7, 11) is -3.72. The van der Waals surface area contributed by atoms with E-state index in [1.807, 2.05) is 24.3 Å². The predicted molar refractivity (Wildman–Crippen MR) is 151 cm³/mol. The minimum absolute atomic E-state index is 0.104. The molecule has 2 heterocycles. The number of hydrogen-bond acceptors (Lipinski definition) is 5. The summed E-state index contributed by atoms with van der Waals surface area (Å²) in [4.78, 5) is 15.5. The summed E-state index contributed by atoms with van der Waals surface area (Å²) >= 11 is 6.37. The van der Waals surface area contributed by atoms with Crippen molar-refractivity contribution in [1.29, 1.82) is 0 Å². The fourth-order valence-corrected chi connectivity index (χ4v) is 7.96. The predicted octanol–water partition coefficient (Wildman–Crippen LogP) is 5.64. The third kappa shape index (κ3) is 5.07. The molecule has 6 rings (SSSR count). The van der Waals surface area contributed by atoms with Crippen LogP contribution in [0.5, 0.6) is 5.75 Å².